The molecule has 23 heavy (non-hydrogen) atoms. The number of hydrogen-bond donors (Lipinski definition) is 0. The van der Waals surface area contributed by atoms with Gasteiger partial charge in [-0.3, -0.25) is 4.79 Å². The third-order valence-corrected chi connectivity index (χ3v) is 4.59. The number of amides is 1. The van der Waals surface area contributed by atoms with E-state index in [-0.39, 0.29) is 11.8 Å². The van der Waals surface area contributed by atoms with Crippen LogP contribution in [0.3, 0.4) is 0 Å². The van der Waals surface area contributed by atoms with Gasteiger partial charge in [0, 0.05) is 49.2 Å². The Morgan fingerprint density at radius 1 is 1.09 bits per heavy atom. The standard InChI is InChI=1S/C17H19N5O/c23-17(14-8-19-16(20-9-14)12-3-4-12)22-7-1-2-13(10-22)15-5-6-18-11-21-15/h5-6,8-9,11-13H,1-4,7,10H2. The van der Waals surface area contributed by atoms with E-state index in [0.717, 1.165) is 30.9 Å². The molecule has 6 heteroatoms. The van der Waals surface area contributed by atoms with E-state index in [9.17, 15) is 4.79 Å². The molecule has 0 N–H and O–H groups in total. The van der Waals surface area contributed by atoms with Crippen molar-refractivity contribution in [1.29, 1.82) is 0 Å². The first-order valence-corrected chi connectivity index (χ1v) is 8.18. The molecule has 2 fully saturated rings. The van der Waals surface area contributed by atoms with Gasteiger partial charge in [-0.15, -0.1) is 0 Å². The lowest BCUT2D eigenvalue weighted by Gasteiger charge is -2.32. The van der Waals surface area contributed by atoms with Crippen molar-refractivity contribution in [1.82, 2.24) is 24.8 Å². The molecule has 2 aliphatic rings. The average Bonchev–Trinajstić information content (AvgIpc) is 3.47. The Kier molecular flexibility index (Phi) is 3.73. The van der Waals surface area contributed by atoms with E-state index in [2.05, 4.69) is 19.9 Å². The number of hydrogen-bond acceptors (Lipinski definition) is 5. The highest BCUT2D eigenvalue weighted by molar-refractivity contribution is 5.93. The molecule has 0 bridgehead atoms. The van der Waals surface area contributed by atoms with Gasteiger partial charge >= 0.3 is 0 Å². The van der Waals surface area contributed by atoms with Gasteiger partial charge in [0.1, 0.15) is 12.2 Å². The maximum atomic E-state index is 12.7. The van der Waals surface area contributed by atoms with Gasteiger partial charge < -0.3 is 4.90 Å². The van der Waals surface area contributed by atoms with E-state index in [1.54, 1.807) is 24.9 Å². The van der Waals surface area contributed by atoms with Crippen LogP contribution in [0, 0.1) is 0 Å². The number of carbonyl (C=O) groups is 1. The van der Waals surface area contributed by atoms with Crippen molar-refractivity contribution in [3.8, 4) is 0 Å². The number of piperidine rings is 1. The molecule has 1 amide bonds. The van der Waals surface area contributed by atoms with Gasteiger partial charge in [-0.1, -0.05) is 0 Å². The van der Waals surface area contributed by atoms with Crippen molar-refractivity contribution in [2.45, 2.75) is 37.5 Å². The molecule has 3 heterocycles. The van der Waals surface area contributed by atoms with Gasteiger partial charge in [-0.25, -0.2) is 19.9 Å². The van der Waals surface area contributed by atoms with Crippen LogP contribution >= 0.6 is 0 Å². The van der Waals surface area contributed by atoms with E-state index in [4.69, 9.17) is 0 Å². The molecule has 118 valence electrons. The van der Waals surface area contributed by atoms with E-state index < -0.39 is 0 Å². The van der Waals surface area contributed by atoms with Gasteiger partial charge in [-0.2, -0.15) is 0 Å². The number of nitrogens with zero attached hydrogens (tertiary/aromatic N) is 5. The van der Waals surface area contributed by atoms with Crippen LogP contribution in [0.5, 0.6) is 0 Å². The average molecular weight is 309 g/mol. The van der Waals surface area contributed by atoms with Crippen LogP contribution in [0.25, 0.3) is 0 Å². The maximum absolute atomic E-state index is 12.7. The molecule has 1 saturated heterocycles. The Morgan fingerprint density at radius 3 is 2.61 bits per heavy atom. The second-order valence-electron chi connectivity index (χ2n) is 6.33. The molecule has 0 spiro atoms. The summed E-state index contributed by atoms with van der Waals surface area (Å²) in [5.41, 5.74) is 1.59. The Labute approximate surface area is 135 Å². The van der Waals surface area contributed by atoms with Crippen molar-refractivity contribution in [3.05, 3.63) is 48.1 Å². The summed E-state index contributed by atoms with van der Waals surface area (Å²) in [5.74, 6) is 1.68. The molecule has 6 nitrogen and oxygen atoms in total. The minimum absolute atomic E-state index is 0.0195. The summed E-state index contributed by atoms with van der Waals surface area (Å²) >= 11 is 0. The first kappa shape index (κ1) is 14.2. The molecule has 1 aliphatic heterocycles. The summed E-state index contributed by atoms with van der Waals surface area (Å²) in [6, 6.07) is 1.94. The zero-order valence-corrected chi connectivity index (χ0v) is 12.9. The Morgan fingerprint density at radius 2 is 1.91 bits per heavy atom. The normalized spacial score (nSPS) is 21.2. The minimum atomic E-state index is 0.0195. The van der Waals surface area contributed by atoms with E-state index in [1.807, 2.05) is 11.0 Å². The number of likely N-dealkylation sites (tertiary alicyclic amines) is 1. The largest absolute Gasteiger partial charge is 0.338 e. The monoisotopic (exact) mass is 309 g/mol. The highest BCUT2D eigenvalue weighted by Gasteiger charge is 2.28. The lowest BCUT2D eigenvalue weighted by molar-refractivity contribution is 0.0705. The second-order valence-corrected chi connectivity index (χ2v) is 6.33. The second kappa shape index (κ2) is 6.02. The SMILES string of the molecule is O=C(c1cnc(C2CC2)nc1)N1CCCC(c2ccncn2)C1. The molecular formula is C17H19N5O. The van der Waals surface area contributed by atoms with Crippen molar-refractivity contribution in [2.24, 2.45) is 0 Å². The van der Waals surface area contributed by atoms with E-state index in [0.29, 0.717) is 18.0 Å². The zero-order valence-electron chi connectivity index (χ0n) is 12.9. The summed E-state index contributed by atoms with van der Waals surface area (Å²) < 4.78 is 0. The number of rotatable bonds is 3. The van der Waals surface area contributed by atoms with Crippen LogP contribution in [0.4, 0.5) is 0 Å². The molecular weight excluding hydrogens is 290 g/mol. The molecule has 0 aromatic carbocycles. The molecule has 0 radical (unpaired) electrons. The molecule has 1 saturated carbocycles. The Bertz CT molecular complexity index is 684. The van der Waals surface area contributed by atoms with Crippen LogP contribution in [-0.2, 0) is 0 Å². The van der Waals surface area contributed by atoms with Crippen molar-refractivity contribution in [3.63, 3.8) is 0 Å². The predicted octanol–water partition coefficient (Wildman–Crippen LogP) is 2.16. The molecule has 4 rings (SSSR count). The fourth-order valence-electron chi connectivity index (χ4n) is 3.13. The van der Waals surface area contributed by atoms with E-state index >= 15 is 0 Å². The smallest absolute Gasteiger partial charge is 0.257 e. The predicted molar refractivity (Wildman–Crippen MR) is 83.9 cm³/mol. The van der Waals surface area contributed by atoms with Gasteiger partial charge in [0.2, 0.25) is 0 Å². The molecule has 2 aromatic heterocycles. The lowest BCUT2D eigenvalue weighted by atomic mass is 9.94. The summed E-state index contributed by atoms with van der Waals surface area (Å²) in [6.45, 7) is 1.48. The molecule has 1 atom stereocenters. The Balaban J connectivity index is 1.47. The summed E-state index contributed by atoms with van der Waals surface area (Å²) in [4.78, 5) is 31.6. The fourth-order valence-corrected chi connectivity index (χ4v) is 3.13. The summed E-state index contributed by atoms with van der Waals surface area (Å²) in [5, 5.41) is 0. The quantitative estimate of drug-likeness (QED) is 0.869. The molecule has 2 aromatic rings. The summed E-state index contributed by atoms with van der Waals surface area (Å²) in [7, 11) is 0. The zero-order chi connectivity index (χ0) is 15.6. The van der Waals surface area contributed by atoms with Crippen molar-refractivity contribution in [2.75, 3.05) is 13.1 Å². The third kappa shape index (κ3) is 3.06. The molecule has 1 aliphatic carbocycles. The fraction of sp³-hybridized carbons (Fsp3) is 0.471. The number of carbonyl (C=O) groups excluding carboxylic acids is 1. The molecule has 1 unspecified atom stereocenters. The van der Waals surface area contributed by atoms with Crippen molar-refractivity contribution >= 4 is 5.91 Å². The van der Waals surface area contributed by atoms with Crippen LogP contribution in [0.1, 0.15) is 59.4 Å². The third-order valence-electron chi connectivity index (χ3n) is 4.59. The highest BCUT2D eigenvalue weighted by Crippen LogP contribution is 2.37. The minimum Gasteiger partial charge on any atom is -0.338 e. The first-order valence-electron chi connectivity index (χ1n) is 8.18. The van der Waals surface area contributed by atoms with Gasteiger partial charge in [0.05, 0.1) is 5.56 Å². The van der Waals surface area contributed by atoms with Crippen LogP contribution in [0.15, 0.2) is 31.0 Å². The maximum Gasteiger partial charge on any atom is 0.257 e. The Hall–Kier alpha value is -2.37. The van der Waals surface area contributed by atoms with Gasteiger partial charge in [0.25, 0.3) is 5.91 Å². The highest BCUT2D eigenvalue weighted by atomic mass is 16.2. The summed E-state index contributed by atoms with van der Waals surface area (Å²) in [6.07, 6.45) is 11.1. The topological polar surface area (TPSA) is 71.9 Å². The van der Waals surface area contributed by atoms with Gasteiger partial charge in [0.15, 0.2) is 0 Å². The first-order chi connectivity index (χ1) is 11.3. The van der Waals surface area contributed by atoms with Gasteiger partial charge in [-0.05, 0) is 31.7 Å². The van der Waals surface area contributed by atoms with Crippen LogP contribution < -0.4 is 0 Å². The lowest BCUT2D eigenvalue weighted by Crippen LogP contribution is -2.39. The number of aromatic nitrogens is 4. The van der Waals surface area contributed by atoms with Crippen LogP contribution in [-0.4, -0.2) is 43.8 Å². The van der Waals surface area contributed by atoms with Crippen molar-refractivity contribution < 1.29 is 4.79 Å². The van der Waals surface area contributed by atoms with E-state index in [1.165, 1.54) is 12.8 Å². The van der Waals surface area contributed by atoms with Crippen LogP contribution in [0.2, 0.25) is 0 Å².